The van der Waals surface area contributed by atoms with Gasteiger partial charge in [-0.1, -0.05) is 72.8 Å². The maximum Gasteiger partial charge on any atom is 0.0487 e. The van der Waals surface area contributed by atoms with Gasteiger partial charge in [0.1, 0.15) is 0 Å². The molecule has 0 aliphatic rings. The summed E-state index contributed by atoms with van der Waals surface area (Å²) in [7, 11) is 0. The van der Waals surface area contributed by atoms with E-state index in [1.807, 2.05) is 78.9 Å². The molecule has 0 radical (unpaired) electrons. The molecule has 86 valence electrons. The van der Waals surface area contributed by atoms with Gasteiger partial charge in [-0.25, -0.2) is 0 Å². The molecular formula is C15H16N2. The molecule has 0 bridgehead atoms. The van der Waals surface area contributed by atoms with Gasteiger partial charge in [0.25, 0.3) is 0 Å². The van der Waals surface area contributed by atoms with Gasteiger partial charge >= 0.3 is 0 Å². The van der Waals surface area contributed by atoms with E-state index < -0.39 is 0 Å². The molecule has 0 spiro atoms. The maximum absolute atomic E-state index is 3.60. The van der Waals surface area contributed by atoms with Crippen molar-refractivity contribution in [2.45, 2.75) is 0 Å². The SMILES string of the molecule is c1ccccc1.c1ccccc1.c1cn[nH]c1. The lowest BCUT2D eigenvalue weighted by Gasteiger charge is -1.69. The molecule has 0 aliphatic heterocycles. The fraction of sp³-hybridized carbons (Fsp3) is 0. The lowest BCUT2D eigenvalue weighted by atomic mass is 10.4. The molecule has 0 fully saturated rings. The van der Waals surface area contributed by atoms with E-state index in [-0.39, 0.29) is 0 Å². The Morgan fingerprint density at radius 2 is 0.824 bits per heavy atom. The minimum Gasteiger partial charge on any atom is -0.286 e. The quantitative estimate of drug-likeness (QED) is 0.618. The Bertz CT molecular complexity index is 319. The molecule has 3 aromatic rings. The molecule has 0 saturated carbocycles. The monoisotopic (exact) mass is 224 g/mol. The highest BCUT2D eigenvalue weighted by molar-refractivity contribution is 4.99. The number of rotatable bonds is 0. The van der Waals surface area contributed by atoms with Crippen LogP contribution < -0.4 is 0 Å². The minimum atomic E-state index is 1.69. The maximum atomic E-state index is 3.60. The van der Waals surface area contributed by atoms with Crippen molar-refractivity contribution in [2.24, 2.45) is 0 Å². The number of H-pyrrole nitrogens is 1. The standard InChI is InChI=1S/2C6H6.C3H4N2/c2*1-2-4-6-5-3-1;1-2-4-5-3-1/h2*1-6H;1-3H,(H,4,5). The zero-order chi connectivity index (χ0) is 12.0. The Morgan fingerprint density at radius 1 is 0.471 bits per heavy atom. The Hall–Kier alpha value is -2.35. The lowest BCUT2D eigenvalue weighted by molar-refractivity contribution is 1.09. The summed E-state index contributed by atoms with van der Waals surface area (Å²) in [6.45, 7) is 0. The summed E-state index contributed by atoms with van der Waals surface area (Å²) in [6, 6.07) is 25.8. The largest absolute Gasteiger partial charge is 0.286 e. The normalized spacial score (nSPS) is 8.00. The molecule has 0 atom stereocenters. The third-order valence-electron chi connectivity index (χ3n) is 1.74. The highest BCUT2D eigenvalue weighted by atomic mass is 15.1. The van der Waals surface area contributed by atoms with Crippen LogP contribution in [-0.2, 0) is 0 Å². The Morgan fingerprint density at radius 3 is 0.941 bits per heavy atom. The molecule has 1 heterocycles. The molecule has 0 aliphatic carbocycles. The average molecular weight is 224 g/mol. The summed E-state index contributed by atoms with van der Waals surface area (Å²) in [6.07, 6.45) is 3.46. The zero-order valence-electron chi connectivity index (χ0n) is 9.61. The number of aromatic nitrogens is 2. The van der Waals surface area contributed by atoms with Crippen LogP contribution in [0.3, 0.4) is 0 Å². The molecule has 1 aromatic heterocycles. The molecular weight excluding hydrogens is 208 g/mol. The highest BCUT2D eigenvalue weighted by Crippen LogP contribution is 1.80. The molecule has 0 amide bonds. The van der Waals surface area contributed by atoms with Crippen LogP contribution >= 0.6 is 0 Å². The number of nitrogens with zero attached hydrogens (tertiary/aromatic N) is 1. The van der Waals surface area contributed by atoms with E-state index in [9.17, 15) is 0 Å². The van der Waals surface area contributed by atoms with Gasteiger partial charge in [0.05, 0.1) is 0 Å². The van der Waals surface area contributed by atoms with Crippen molar-refractivity contribution in [3.63, 3.8) is 0 Å². The molecule has 3 rings (SSSR count). The average Bonchev–Trinajstić information content (AvgIpc) is 3.03. The van der Waals surface area contributed by atoms with Gasteiger partial charge in [-0.3, -0.25) is 5.10 Å². The molecule has 17 heavy (non-hydrogen) atoms. The van der Waals surface area contributed by atoms with Gasteiger partial charge in [-0.05, 0) is 6.07 Å². The zero-order valence-corrected chi connectivity index (χ0v) is 9.61. The number of hydrogen-bond donors (Lipinski definition) is 1. The van der Waals surface area contributed by atoms with Crippen LogP contribution in [-0.4, -0.2) is 10.2 Å². The van der Waals surface area contributed by atoms with Crippen molar-refractivity contribution in [1.29, 1.82) is 0 Å². The fourth-order valence-corrected chi connectivity index (χ4v) is 0.985. The third-order valence-corrected chi connectivity index (χ3v) is 1.74. The lowest BCUT2D eigenvalue weighted by Crippen LogP contribution is -1.53. The highest BCUT2D eigenvalue weighted by Gasteiger charge is 1.58. The van der Waals surface area contributed by atoms with Crippen LogP contribution in [0, 0.1) is 0 Å². The second kappa shape index (κ2) is 10.2. The second-order valence-corrected chi connectivity index (χ2v) is 3.08. The molecule has 2 aromatic carbocycles. The van der Waals surface area contributed by atoms with Gasteiger partial charge in [0.2, 0.25) is 0 Å². The Labute approximate surface area is 102 Å². The number of aromatic amines is 1. The predicted octanol–water partition coefficient (Wildman–Crippen LogP) is 3.78. The summed E-state index contributed by atoms with van der Waals surface area (Å²) in [5.74, 6) is 0. The summed E-state index contributed by atoms with van der Waals surface area (Å²) in [5.41, 5.74) is 0. The first-order chi connectivity index (χ1) is 8.50. The summed E-state index contributed by atoms with van der Waals surface area (Å²) >= 11 is 0. The summed E-state index contributed by atoms with van der Waals surface area (Å²) in [5, 5.41) is 6.21. The van der Waals surface area contributed by atoms with E-state index in [1.165, 1.54) is 0 Å². The van der Waals surface area contributed by atoms with Crippen LogP contribution in [0.2, 0.25) is 0 Å². The van der Waals surface area contributed by atoms with Crippen molar-refractivity contribution < 1.29 is 0 Å². The minimum absolute atomic E-state index is 1.69. The molecule has 0 unspecified atom stereocenters. The van der Waals surface area contributed by atoms with Crippen molar-refractivity contribution in [3.05, 3.63) is 91.3 Å². The van der Waals surface area contributed by atoms with Crippen LogP contribution in [0.15, 0.2) is 91.3 Å². The van der Waals surface area contributed by atoms with E-state index in [1.54, 1.807) is 12.4 Å². The topological polar surface area (TPSA) is 28.7 Å². The number of benzene rings is 2. The van der Waals surface area contributed by atoms with Crippen LogP contribution in [0.1, 0.15) is 0 Å². The van der Waals surface area contributed by atoms with Gasteiger partial charge in [0.15, 0.2) is 0 Å². The first-order valence-electron chi connectivity index (χ1n) is 5.44. The first-order valence-corrected chi connectivity index (χ1v) is 5.44. The van der Waals surface area contributed by atoms with Crippen LogP contribution in [0.5, 0.6) is 0 Å². The number of hydrogen-bond acceptors (Lipinski definition) is 1. The van der Waals surface area contributed by atoms with Gasteiger partial charge in [-0.2, -0.15) is 5.10 Å². The number of nitrogens with one attached hydrogen (secondary N) is 1. The smallest absolute Gasteiger partial charge is 0.0487 e. The van der Waals surface area contributed by atoms with E-state index in [0.717, 1.165) is 0 Å². The first kappa shape index (κ1) is 12.7. The fourth-order valence-electron chi connectivity index (χ4n) is 0.985. The molecule has 2 nitrogen and oxygen atoms in total. The van der Waals surface area contributed by atoms with Crippen molar-refractivity contribution in [1.82, 2.24) is 10.2 Å². The van der Waals surface area contributed by atoms with Crippen molar-refractivity contribution in [3.8, 4) is 0 Å². The van der Waals surface area contributed by atoms with E-state index in [2.05, 4.69) is 10.2 Å². The summed E-state index contributed by atoms with van der Waals surface area (Å²) in [4.78, 5) is 0. The molecule has 2 heteroatoms. The van der Waals surface area contributed by atoms with Crippen LogP contribution in [0.4, 0.5) is 0 Å². The predicted molar refractivity (Wildman–Crippen MR) is 71.5 cm³/mol. The third kappa shape index (κ3) is 8.63. The summed E-state index contributed by atoms with van der Waals surface area (Å²) < 4.78 is 0. The van der Waals surface area contributed by atoms with E-state index in [4.69, 9.17) is 0 Å². The Balaban J connectivity index is 0.000000128. The molecule has 0 saturated heterocycles. The van der Waals surface area contributed by atoms with E-state index >= 15 is 0 Å². The van der Waals surface area contributed by atoms with Gasteiger partial charge < -0.3 is 0 Å². The van der Waals surface area contributed by atoms with Gasteiger partial charge in [-0.15, -0.1) is 0 Å². The van der Waals surface area contributed by atoms with Crippen molar-refractivity contribution in [2.75, 3.05) is 0 Å². The second-order valence-electron chi connectivity index (χ2n) is 3.08. The van der Waals surface area contributed by atoms with Crippen LogP contribution in [0.25, 0.3) is 0 Å². The van der Waals surface area contributed by atoms with E-state index in [0.29, 0.717) is 0 Å². The van der Waals surface area contributed by atoms with Gasteiger partial charge in [0, 0.05) is 12.4 Å². The molecule has 1 N–H and O–H groups in total. The Kier molecular flexibility index (Phi) is 7.61. The van der Waals surface area contributed by atoms with Crippen molar-refractivity contribution >= 4 is 0 Å².